The Hall–Kier alpha value is -1.35. The summed E-state index contributed by atoms with van der Waals surface area (Å²) < 4.78 is 0. The molecule has 1 aromatic carbocycles. The molecule has 3 heteroatoms. The Morgan fingerprint density at radius 3 is 2.53 bits per heavy atom. The van der Waals surface area contributed by atoms with Gasteiger partial charge in [-0.1, -0.05) is 57.0 Å². The summed E-state index contributed by atoms with van der Waals surface area (Å²) in [7, 11) is 0. The van der Waals surface area contributed by atoms with Crippen molar-refractivity contribution < 1.29 is 4.79 Å². The van der Waals surface area contributed by atoms with Gasteiger partial charge >= 0.3 is 0 Å². The van der Waals surface area contributed by atoms with Gasteiger partial charge in [0.1, 0.15) is 6.17 Å². The van der Waals surface area contributed by atoms with Crippen LogP contribution in [0.25, 0.3) is 0 Å². The van der Waals surface area contributed by atoms with Gasteiger partial charge in [0, 0.05) is 6.54 Å². The number of amides is 1. The van der Waals surface area contributed by atoms with Crippen molar-refractivity contribution in [1.82, 2.24) is 10.2 Å². The second kappa shape index (κ2) is 6.71. The molecule has 1 amide bonds. The van der Waals surface area contributed by atoms with E-state index < -0.39 is 0 Å². The van der Waals surface area contributed by atoms with Crippen molar-refractivity contribution in [1.29, 1.82) is 0 Å². The predicted octanol–water partition coefficient (Wildman–Crippen LogP) is 3.09. The van der Waals surface area contributed by atoms with Crippen molar-refractivity contribution in [3.8, 4) is 0 Å². The molecule has 1 heterocycles. The van der Waals surface area contributed by atoms with E-state index in [1.807, 2.05) is 23.1 Å². The molecule has 1 aliphatic heterocycles. The number of hydrogen-bond acceptors (Lipinski definition) is 2. The van der Waals surface area contributed by atoms with E-state index in [0.29, 0.717) is 0 Å². The number of nitrogens with zero attached hydrogens (tertiary/aromatic N) is 1. The van der Waals surface area contributed by atoms with Crippen LogP contribution in [-0.4, -0.2) is 23.4 Å². The lowest BCUT2D eigenvalue weighted by Crippen LogP contribution is -2.31. The molecule has 0 radical (unpaired) electrons. The number of carbonyl (C=O) groups excluding carboxylic acids is 1. The number of benzene rings is 1. The maximum absolute atomic E-state index is 12.4. The molecule has 0 aliphatic carbocycles. The van der Waals surface area contributed by atoms with E-state index >= 15 is 0 Å². The average molecular weight is 260 g/mol. The molecule has 2 unspecified atom stereocenters. The van der Waals surface area contributed by atoms with Gasteiger partial charge in [-0.05, 0) is 18.4 Å². The van der Waals surface area contributed by atoms with E-state index in [4.69, 9.17) is 0 Å². The van der Waals surface area contributed by atoms with Crippen molar-refractivity contribution in [3.63, 3.8) is 0 Å². The molecule has 3 nitrogen and oxygen atoms in total. The lowest BCUT2D eigenvalue weighted by molar-refractivity contribution is -0.130. The largest absolute Gasteiger partial charge is 0.322 e. The van der Waals surface area contributed by atoms with Crippen LogP contribution < -0.4 is 5.32 Å². The van der Waals surface area contributed by atoms with Gasteiger partial charge in [0.05, 0.1) is 6.04 Å². The number of hydrogen-bond donors (Lipinski definition) is 1. The summed E-state index contributed by atoms with van der Waals surface area (Å²) in [6, 6.07) is 10.2. The minimum atomic E-state index is -0.0215. The Balaban J connectivity index is 2.12. The van der Waals surface area contributed by atoms with Crippen molar-refractivity contribution in [2.75, 3.05) is 6.54 Å². The molecule has 2 rings (SSSR count). The highest BCUT2D eigenvalue weighted by atomic mass is 16.2. The number of carbonyl (C=O) groups is 1. The third-order valence-electron chi connectivity index (χ3n) is 3.78. The highest BCUT2D eigenvalue weighted by Gasteiger charge is 2.37. The Morgan fingerprint density at radius 2 is 1.89 bits per heavy atom. The normalized spacial score (nSPS) is 23.1. The summed E-state index contributed by atoms with van der Waals surface area (Å²) in [4.78, 5) is 14.4. The molecular formula is C16H24N2O. The Bertz CT molecular complexity index is 404. The maximum Gasteiger partial charge on any atom is 0.241 e. The summed E-state index contributed by atoms with van der Waals surface area (Å²) in [5.41, 5.74) is 1.18. The Kier molecular flexibility index (Phi) is 4.97. The minimum absolute atomic E-state index is 0.0215. The van der Waals surface area contributed by atoms with Gasteiger partial charge in [-0.2, -0.15) is 0 Å². The smallest absolute Gasteiger partial charge is 0.241 e. The van der Waals surface area contributed by atoms with Gasteiger partial charge in [0.25, 0.3) is 0 Å². The first-order valence-corrected chi connectivity index (χ1v) is 7.39. The third-order valence-corrected chi connectivity index (χ3v) is 3.78. The summed E-state index contributed by atoms with van der Waals surface area (Å²) in [6.07, 6.45) is 4.36. The Morgan fingerprint density at radius 1 is 1.16 bits per heavy atom. The van der Waals surface area contributed by atoms with Gasteiger partial charge < -0.3 is 4.90 Å². The second-order valence-electron chi connectivity index (χ2n) is 5.18. The molecule has 1 aromatic rings. The van der Waals surface area contributed by atoms with Crippen LogP contribution in [0.15, 0.2) is 30.3 Å². The molecule has 104 valence electrons. The number of unbranched alkanes of at least 4 members (excludes halogenated alkanes) is 2. The van der Waals surface area contributed by atoms with Gasteiger partial charge in [-0.15, -0.1) is 0 Å². The van der Waals surface area contributed by atoms with Gasteiger partial charge in [0.15, 0.2) is 0 Å². The number of rotatable bonds is 6. The van der Waals surface area contributed by atoms with Crippen LogP contribution in [0.2, 0.25) is 0 Å². The minimum Gasteiger partial charge on any atom is -0.322 e. The quantitative estimate of drug-likeness (QED) is 0.797. The summed E-state index contributed by atoms with van der Waals surface area (Å²) in [5.74, 6) is 0.257. The van der Waals surface area contributed by atoms with Crippen molar-refractivity contribution >= 4 is 5.91 Å². The molecule has 2 atom stereocenters. The molecule has 1 saturated heterocycles. The maximum atomic E-state index is 12.4. The molecule has 0 aromatic heterocycles. The van der Waals surface area contributed by atoms with Crippen molar-refractivity contribution in [2.45, 2.75) is 51.7 Å². The third kappa shape index (κ3) is 3.16. The van der Waals surface area contributed by atoms with E-state index in [1.165, 1.54) is 18.4 Å². The lowest BCUT2D eigenvalue weighted by atomic mass is 10.1. The van der Waals surface area contributed by atoms with Crippen LogP contribution in [0.5, 0.6) is 0 Å². The first-order chi connectivity index (χ1) is 9.27. The standard InChI is InChI=1S/C16H24N2O/c1-3-5-9-12-18-15(13-10-7-6-8-11-13)17-14(4-2)16(18)19/h6-8,10-11,14-15,17H,3-5,9,12H2,1-2H3. The zero-order valence-electron chi connectivity index (χ0n) is 11.9. The molecule has 1 fully saturated rings. The fourth-order valence-electron chi connectivity index (χ4n) is 2.65. The topological polar surface area (TPSA) is 32.3 Å². The summed E-state index contributed by atoms with van der Waals surface area (Å²) in [5, 5.41) is 3.46. The SMILES string of the molecule is CCCCCN1C(=O)C(CC)NC1c1ccccc1. The van der Waals surface area contributed by atoms with Crippen LogP contribution in [0.3, 0.4) is 0 Å². The fourth-order valence-corrected chi connectivity index (χ4v) is 2.65. The van der Waals surface area contributed by atoms with Gasteiger partial charge in [-0.25, -0.2) is 0 Å². The van der Waals surface area contributed by atoms with Crippen LogP contribution >= 0.6 is 0 Å². The van der Waals surface area contributed by atoms with Crippen molar-refractivity contribution in [2.24, 2.45) is 0 Å². The molecule has 0 saturated carbocycles. The second-order valence-corrected chi connectivity index (χ2v) is 5.18. The molecule has 0 spiro atoms. The highest BCUT2D eigenvalue weighted by Crippen LogP contribution is 2.26. The predicted molar refractivity (Wildman–Crippen MR) is 77.6 cm³/mol. The van der Waals surface area contributed by atoms with E-state index in [1.54, 1.807) is 0 Å². The molecule has 0 bridgehead atoms. The van der Waals surface area contributed by atoms with Crippen molar-refractivity contribution in [3.05, 3.63) is 35.9 Å². The highest BCUT2D eigenvalue weighted by molar-refractivity contribution is 5.84. The molecular weight excluding hydrogens is 236 g/mol. The van der Waals surface area contributed by atoms with E-state index in [2.05, 4.69) is 31.3 Å². The van der Waals surface area contributed by atoms with Crippen LogP contribution in [-0.2, 0) is 4.79 Å². The van der Waals surface area contributed by atoms with E-state index in [9.17, 15) is 4.79 Å². The molecule has 1 aliphatic rings. The van der Waals surface area contributed by atoms with Crippen LogP contribution in [0.1, 0.15) is 51.3 Å². The molecule has 1 N–H and O–H groups in total. The summed E-state index contributed by atoms with van der Waals surface area (Å²) >= 11 is 0. The van der Waals surface area contributed by atoms with Gasteiger partial charge in [0.2, 0.25) is 5.91 Å². The molecule has 19 heavy (non-hydrogen) atoms. The van der Waals surface area contributed by atoms with Crippen LogP contribution in [0.4, 0.5) is 0 Å². The average Bonchev–Trinajstić information content (AvgIpc) is 2.77. The lowest BCUT2D eigenvalue weighted by Gasteiger charge is -2.24. The Labute approximate surface area is 116 Å². The van der Waals surface area contributed by atoms with Crippen LogP contribution in [0, 0.1) is 0 Å². The van der Waals surface area contributed by atoms with Gasteiger partial charge in [-0.3, -0.25) is 10.1 Å². The summed E-state index contributed by atoms with van der Waals surface area (Å²) in [6.45, 7) is 5.11. The van der Waals surface area contributed by atoms with E-state index in [-0.39, 0.29) is 18.1 Å². The van der Waals surface area contributed by atoms with E-state index in [0.717, 1.165) is 19.4 Å². The first-order valence-electron chi connectivity index (χ1n) is 7.39. The zero-order valence-corrected chi connectivity index (χ0v) is 11.9. The number of nitrogens with one attached hydrogen (secondary N) is 1. The first kappa shape index (κ1) is 14.1. The monoisotopic (exact) mass is 260 g/mol. The fraction of sp³-hybridized carbons (Fsp3) is 0.562. The zero-order chi connectivity index (χ0) is 13.7.